The summed E-state index contributed by atoms with van der Waals surface area (Å²) >= 11 is 13.2. The second kappa shape index (κ2) is 10.3. The lowest BCUT2D eigenvalue weighted by molar-refractivity contribution is -0.136. The molecule has 2 aromatic carbocycles. The fraction of sp³-hybridized carbons (Fsp3) is 0.150. The minimum atomic E-state index is -0.665. The Bertz CT molecular complexity index is 944. The minimum absolute atomic E-state index is 0.237. The average molecular weight is 438 g/mol. The molecule has 0 atom stereocenters. The molecule has 8 heteroatoms. The van der Waals surface area contributed by atoms with Gasteiger partial charge in [-0.3, -0.25) is 9.59 Å². The summed E-state index contributed by atoms with van der Waals surface area (Å²) < 4.78 is 4.98. The molecule has 0 heterocycles. The number of halogens is 2. The number of hydrogen-bond acceptors (Lipinski definition) is 5. The predicted molar refractivity (Wildman–Crippen MR) is 113 cm³/mol. The van der Waals surface area contributed by atoms with E-state index in [4.69, 9.17) is 27.9 Å². The van der Waals surface area contributed by atoms with Crippen LogP contribution in [0.4, 0.5) is 5.69 Å². The first-order chi connectivity index (χ1) is 13.3. The Kier molecular flexibility index (Phi) is 8.11. The van der Waals surface area contributed by atoms with Gasteiger partial charge in [0.1, 0.15) is 0 Å². The third-order valence-electron chi connectivity index (χ3n) is 3.53. The second-order valence-corrected chi connectivity index (χ2v) is 7.30. The Balaban J connectivity index is 1.99. The van der Waals surface area contributed by atoms with Crippen molar-refractivity contribution in [3.8, 4) is 0 Å². The number of anilines is 1. The Morgan fingerprint density at radius 2 is 1.86 bits per heavy atom. The van der Waals surface area contributed by atoms with E-state index in [-0.39, 0.29) is 11.7 Å². The summed E-state index contributed by atoms with van der Waals surface area (Å²) in [4.78, 5) is 36.3. The molecule has 0 unspecified atom stereocenters. The molecule has 5 nitrogen and oxygen atoms in total. The zero-order valence-corrected chi connectivity index (χ0v) is 17.5. The molecule has 0 spiro atoms. The van der Waals surface area contributed by atoms with Gasteiger partial charge in [0.05, 0.1) is 15.7 Å². The number of hydrogen-bond donors (Lipinski definition) is 1. The number of rotatable bonds is 7. The van der Waals surface area contributed by atoms with Gasteiger partial charge in [-0.2, -0.15) is 0 Å². The number of ketones is 1. The number of thioether (sulfide) groups is 1. The van der Waals surface area contributed by atoms with E-state index in [1.807, 2.05) is 6.26 Å². The maximum atomic E-state index is 12.3. The quantitative estimate of drug-likeness (QED) is 0.281. The smallest absolute Gasteiger partial charge is 0.331 e. The van der Waals surface area contributed by atoms with Crippen molar-refractivity contribution in [2.45, 2.75) is 11.8 Å². The number of nitrogens with one attached hydrogen (secondary N) is 1. The normalized spacial score (nSPS) is 10.7. The van der Waals surface area contributed by atoms with Gasteiger partial charge in [-0.05, 0) is 42.2 Å². The van der Waals surface area contributed by atoms with Crippen LogP contribution in [0.1, 0.15) is 22.8 Å². The summed E-state index contributed by atoms with van der Waals surface area (Å²) in [6, 6.07) is 9.84. The molecule has 146 valence electrons. The van der Waals surface area contributed by atoms with Crippen LogP contribution in [0.5, 0.6) is 0 Å². The summed E-state index contributed by atoms with van der Waals surface area (Å²) in [5.74, 6) is -1.28. The number of ether oxygens (including phenoxy) is 1. The first-order valence-electron chi connectivity index (χ1n) is 8.09. The van der Waals surface area contributed by atoms with Crippen molar-refractivity contribution < 1.29 is 19.1 Å². The van der Waals surface area contributed by atoms with Crippen LogP contribution >= 0.6 is 35.0 Å². The molecular weight excluding hydrogens is 421 g/mol. The highest BCUT2D eigenvalue weighted by molar-refractivity contribution is 7.98. The molecule has 0 aliphatic carbocycles. The van der Waals surface area contributed by atoms with Gasteiger partial charge in [-0.15, -0.1) is 11.8 Å². The molecule has 2 aromatic rings. The van der Waals surface area contributed by atoms with Crippen LogP contribution < -0.4 is 5.32 Å². The van der Waals surface area contributed by atoms with Crippen LogP contribution in [-0.4, -0.2) is 30.5 Å². The summed E-state index contributed by atoms with van der Waals surface area (Å²) in [6.45, 7) is 0.975. The van der Waals surface area contributed by atoms with Crippen molar-refractivity contribution >= 4 is 64.4 Å². The molecule has 0 saturated carbocycles. The number of carbonyl (C=O) groups is 3. The largest absolute Gasteiger partial charge is 0.454 e. The van der Waals surface area contributed by atoms with Gasteiger partial charge >= 0.3 is 5.97 Å². The van der Waals surface area contributed by atoms with Crippen LogP contribution in [0.15, 0.2) is 47.4 Å². The molecule has 0 aliphatic heterocycles. The van der Waals surface area contributed by atoms with Gasteiger partial charge in [0.2, 0.25) is 5.91 Å². The first-order valence-corrected chi connectivity index (χ1v) is 10.1. The average Bonchev–Trinajstić information content (AvgIpc) is 2.66. The van der Waals surface area contributed by atoms with Gasteiger partial charge in [-0.1, -0.05) is 35.3 Å². The Hall–Kier alpha value is -2.28. The van der Waals surface area contributed by atoms with Crippen LogP contribution in [-0.2, 0) is 14.3 Å². The topological polar surface area (TPSA) is 72.5 Å². The zero-order chi connectivity index (χ0) is 20.7. The lowest BCUT2D eigenvalue weighted by Gasteiger charge is -2.10. The van der Waals surface area contributed by atoms with Crippen molar-refractivity contribution in [2.75, 3.05) is 18.2 Å². The fourth-order valence-corrected chi connectivity index (χ4v) is 3.06. The molecule has 0 radical (unpaired) electrons. The van der Waals surface area contributed by atoms with Crippen LogP contribution in [0, 0.1) is 0 Å². The van der Waals surface area contributed by atoms with E-state index in [1.54, 1.807) is 36.4 Å². The molecule has 28 heavy (non-hydrogen) atoms. The minimum Gasteiger partial charge on any atom is -0.454 e. The van der Waals surface area contributed by atoms with Gasteiger partial charge in [-0.25, -0.2) is 4.79 Å². The molecule has 1 amide bonds. The number of carbonyl (C=O) groups excluding carboxylic acids is 3. The number of amides is 1. The monoisotopic (exact) mass is 437 g/mol. The van der Waals surface area contributed by atoms with Crippen LogP contribution in [0.25, 0.3) is 6.08 Å². The number of Topliss-reactive ketones (excluding diaryl/α,β-unsaturated/α-hetero) is 1. The van der Waals surface area contributed by atoms with E-state index >= 15 is 0 Å². The third-order valence-corrected chi connectivity index (χ3v) is 5.07. The molecular formula is C20H17Cl2NO4S. The number of esters is 1. The summed E-state index contributed by atoms with van der Waals surface area (Å²) in [5, 5.41) is 3.47. The molecule has 0 aromatic heterocycles. The molecule has 0 bridgehead atoms. The lowest BCUT2D eigenvalue weighted by atomic mass is 10.1. The van der Waals surface area contributed by atoms with Gasteiger partial charge in [0.15, 0.2) is 12.4 Å². The Morgan fingerprint density at radius 3 is 2.50 bits per heavy atom. The van der Waals surface area contributed by atoms with Crippen molar-refractivity contribution in [3.05, 3.63) is 63.6 Å². The van der Waals surface area contributed by atoms with Crippen molar-refractivity contribution in [3.63, 3.8) is 0 Å². The molecule has 2 rings (SSSR count). The summed E-state index contributed by atoms with van der Waals surface area (Å²) in [7, 11) is 0. The van der Waals surface area contributed by atoms with E-state index in [1.165, 1.54) is 30.8 Å². The van der Waals surface area contributed by atoms with E-state index in [2.05, 4.69) is 5.32 Å². The standard InChI is InChI=1S/C20H17Cl2NO4S/c1-12(24)23-17-10-14(5-7-19(17)28-2)18(25)11-27-20(26)8-4-13-3-6-15(21)16(22)9-13/h3-10H,11H2,1-2H3,(H,23,24)/b8-4+. The van der Waals surface area contributed by atoms with Crippen molar-refractivity contribution in [2.24, 2.45) is 0 Å². The number of benzene rings is 2. The fourth-order valence-electron chi connectivity index (χ4n) is 2.22. The first kappa shape index (κ1) is 22.0. The van der Waals surface area contributed by atoms with Crippen molar-refractivity contribution in [1.29, 1.82) is 0 Å². The molecule has 1 N–H and O–H groups in total. The third kappa shape index (κ3) is 6.41. The lowest BCUT2D eigenvalue weighted by Crippen LogP contribution is -2.14. The summed E-state index contributed by atoms with van der Waals surface area (Å²) in [5.41, 5.74) is 1.55. The van der Waals surface area contributed by atoms with E-state index in [0.717, 1.165) is 4.90 Å². The Morgan fingerprint density at radius 1 is 1.11 bits per heavy atom. The van der Waals surface area contributed by atoms with Crippen LogP contribution in [0.3, 0.4) is 0 Å². The summed E-state index contributed by atoms with van der Waals surface area (Å²) in [6.07, 6.45) is 4.58. The van der Waals surface area contributed by atoms with Gasteiger partial charge in [0, 0.05) is 23.5 Å². The maximum Gasteiger partial charge on any atom is 0.331 e. The van der Waals surface area contributed by atoms with E-state index < -0.39 is 12.6 Å². The molecule has 0 fully saturated rings. The van der Waals surface area contributed by atoms with E-state index in [0.29, 0.717) is 26.9 Å². The maximum absolute atomic E-state index is 12.3. The zero-order valence-electron chi connectivity index (χ0n) is 15.1. The molecule has 0 saturated heterocycles. The predicted octanol–water partition coefficient (Wildman–Crippen LogP) is 5.11. The van der Waals surface area contributed by atoms with Crippen LogP contribution in [0.2, 0.25) is 10.0 Å². The second-order valence-electron chi connectivity index (χ2n) is 5.63. The highest BCUT2D eigenvalue weighted by Gasteiger charge is 2.12. The van der Waals surface area contributed by atoms with Gasteiger partial charge in [0.25, 0.3) is 0 Å². The highest BCUT2D eigenvalue weighted by atomic mass is 35.5. The van der Waals surface area contributed by atoms with E-state index in [9.17, 15) is 14.4 Å². The SMILES string of the molecule is CSc1ccc(C(=O)COC(=O)/C=C/c2ccc(Cl)c(Cl)c2)cc1NC(C)=O. The Labute approximate surface area is 177 Å². The van der Waals surface area contributed by atoms with Gasteiger partial charge < -0.3 is 10.1 Å². The highest BCUT2D eigenvalue weighted by Crippen LogP contribution is 2.27. The molecule has 0 aliphatic rings. The van der Waals surface area contributed by atoms with Crippen molar-refractivity contribution in [1.82, 2.24) is 0 Å².